The smallest absolute Gasteiger partial charge is 0.477 e. The first kappa shape index (κ1) is 31.9. The largest absolute Gasteiger partial charge is 0.490 e. The molecule has 0 bridgehead atoms. The average molecular weight is 657 g/mol. The lowest BCUT2D eigenvalue weighted by atomic mass is 10.0. The molecule has 0 radical (unpaired) electrons. The summed E-state index contributed by atoms with van der Waals surface area (Å²) in [5.41, 5.74) is 5.61. The molecule has 2 atom stereocenters. The lowest BCUT2D eigenvalue weighted by molar-refractivity contribution is -0.192. The van der Waals surface area contributed by atoms with Crippen LogP contribution >= 0.6 is 23.1 Å². The molecule has 0 aliphatic carbocycles. The fourth-order valence-corrected chi connectivity index (χ4v) is 6.01. The first-order valence-corrected chi connectivity index (χ1v) is 13.9. The molecule has 2 saturated heterocycles. The molecule has 44 heavy (non-hydrogen) atoms. The molecule has 5 heterocycles. The topological polar surface area (TPSA) is 242 Å². The highest BCUT2D eigenvalue weighted by atomic mass is 32.2. The van der Waals surface area contributed by atoms with E-state index in [4.69, 9.17) is 15.6 Å². The predicted molar refractivity (Wildman–Crippen MR) is 145 cm³/mol. The summed E-state index contributed by atoms with van der Waals surface area (Å²) in [6, 6.07) is 0.583. The van der Waals surface area contributed by atoms with Gasteiger partial charge in [-0.25, -0.2) is 24.5 Å². The molecule has 6 N–H and O–H groups in total. The van der Waals surface area contributed by atoms with E-state index in [-0.39, 0.29) is 34.1 Å². The van der Waals surface area contributed by atoms with Gasteiger partial charge in [-0.15, -0.1) is 23.1 Å². The van der Waals surface area contributed by atoms with E-state index in [0.29, 0.717) is 24.1 Å². The normalized spacial score (nSPS) is 21.0. The van der Waals surface area contributed by atoms with Gasteiger partial charge >= 0.3 is 18.1 Å². The molecule has 5 rings (SSSR count). The van der Waals surface area contributed by atoms with E-state index in [9.17, 15) is 42.7 Å². The molecule has 0 unspecified atom stereocenters. The van der Waals surface area contributed by atoms with E-state index in [1.165, 1.54) is 40.5 Å². The Bertz CT molecular complexity index is 1610. The third-order valence-electron chi connectivity index (χ3n) is 6.08. The highest BCUT2D eigenvalue weighted by Crippen LogP contribution is 2.41. The number of anilines is 2. The van der Waals surface area contributed by atoms with Gasteiger partial charge < -0.3 is 26.5 Å². The molecule has 232 valence electrons. The number of allylic oxidation sites excluding steroid dienone is 1. The number of halogens is 3. The van der Waals surface area contributed by atoms with Gasteiger partial charge in [0.2, 0.25) is 5.95 Å². The molecule has 21 heteroatoms. The number of oxime groups is 1. The molecule has 2 aromatic heterocycles. The minimum absolute atomic E-state index is 0.0404. The van der Waals surface area contributed by atoms with Crippen molar-refractivity contribution in [2.45, 2.75) is 24.0 Å². The van der Waals surface area contributed by atoms with Gasteiger partial charge in [-0.2, -0.15) is 13.2 Å². The molecule has 3 aliphatic rings. The Morgan fingerprint density at radius 3 is 2.39 bits per heavy atom. The van der Waals surface area contributed by atoms with Crippen LogP contribution in [0.2, 0.25) is 0 Å². The summed E-state index contributed by atoms with van der Waals surface area (Å²) in [6.07, 6.45) is -0.182. The summed E-state index contributed by atoms with van der Waals surface area (Å²) < 4.78 is 31.7. The number of thioether (sulfide) groups is 1. The number of fused-ring (bicyclic) bond motifs is 1. The Morgan fingerprint density at radius 2 is 1.84 bits per heavy atom. The molecule has 2 fully saturated rings. The van der Waals surface area contributed by atoms with Crippen LogP contribution in [0.5, 0.6) is 0 Å². The van der Waals surface area contributed by atoms with Crippen molar-refractivity contribution in [2.24, 2.45) is 5.16 Å². The second-order valence-corrected chi connectivity index (χ2v) is 10.8. The van der Waals surface area contributed by atoms with E-state index in [1.807, 2.05) is 0 Å². The van der Waals surface area contributed by atoms with Gasteiger partial charge in [0.1, 0.15) is 22.8 Å². The number of hydrogen-bond acceptors (Lipinski definition) is 13. The molecule has 0 saturated carbocycles. The van der Waals surface area contributed by atoms with Crippen LogP contribution in [0.1, 0.15) is 12.1 Å². The molecular formula is C23H19F3N8O8S2. The van der Waals surface area contributed by atoms with Crippen molar-refractivity contribution in [3.05, 3.63) is 52.5 Å². The first-order chi connectivity index (χ1) is 20.7. The minimum Gasteiger partial charge on any atom is -0.477 e. The number of nitrogen functional groups attached to an aromatic ring is 1. The van der Waals surface area contributed by atoms with Crippen LogP contribution in [0.3, 0.4) is 0 Å². The van der Waals surface area contributed by atoms with Crippen molar-refractivity contribution >= 4 is 69.6 Å². The number of nitrogens with one attached hydrogen (secondary N) is 1. The molecule has 0 aromatic carbocycles. The van der Waals surface area contributed by atoms with Crippen LogP contribution in [0.15, 0.2) is 51.9 Å². The van der Waals surface area contributed by atoms with Gasteiger partial charge in [0, 0.05) is 35.6 Å². The number of alkyl halides is 3. The number of nitrogens with two attached hydrogens (primary N) is 1. The van der Waals surface area contributed by atoms with Crippen LogP contribution in [-0.4, -0.2) is 101 Å². The highest BCUT2D eigenvalue weighted by Gasteiger charge is 2.54. The number of carbonyl (C=O) groups is 5. The van der Waals surface area contributed by atoms with Gasteiger partial charge in [0.25, 0.3) is 17.7 Å². The number of rotatable bonds is 6. The maximum Gasteiger partial charge on any atom is 0.490 e. The van der Waals surface area contributed by atoms with Crippen molar-refractivity contribution in [1.82, 2.24) is 25.2 Å². The number of carboxylic acid groups (broad SMARTS) is 2. The van der Waals surface area contributed by atoms with Gasteiger partial charge in [0.05, 0.1) is 0 Å². The lowest BCUT2D eigenvalue weighted by Gasteiger charge is -2.49. The highest BCUT2D eigenvalue weighted by molar-refractivity contribution is 8.00. The quantitative estimate of drug-likeness (QED) is 0.0933. The second-order valence-electron chi connectivity index (χ2n) is 8.79. The average Bonchev–Trinajstić information content (AvgIpc) is 3.56. The van der Waals surface area contributed by atoms with Crippen molar-refractivity contribution in [2.75, 3.05) is 22.9 Å². The monoisotopic (exact) mass is 656 g/mol. The molecule has 16 nitrogen and oxygen atoms in total. The number of carboxylic acids is 2. The summed E-state index contributed by atoms with van der Waals surface area (Å²) in [5.74, 6) is -5.50. The van der Waals surface area contributed by atoms with Crippen LogP contribution in [0.4, 0.5) is 24.3 Å². The molecule has 3 aliphatic heterocycles. The lowest BCUT2D eigenvalue weighted by Crippen LogP contribution is -2.71. The van der Waals surface area contributed by atoms with E-state index < -0.39 is 47.1 Å². The fourth-order valence-electron chi connectivity index (χ4n) is 4.15. The Balaban J connectivity index is 0.000000566. The van der Waals surface area contributed by atoms with E-state index in [1.54, 1.807) is 6.07 Å². The minimum atomic E-state index is -5.08. The van der Waals surface area contributed by atoms with Gasteiger partial charge in [-0.3, -0.25) is 24.2 Å². The number of aromatic nitrogens is 3. The van der Waals surface area contributed by atoms with Crippen molar-refractivity contribution in [3.63, 3.8) is 0 Å². The van der Waals surface area contributed by atoms with Gasteiger partial charge in [-0.1, -0.05) is 5.16 Å². The van der Waals surface area contributed by atoms with Crippen molar-refractivity contribution < 1.29 is 52.6 Å². The van der Waals surface area contributed by atoms with Crippen LogP contribution in [0, 0.1) is 0 Å². The zero-order valence-corrected chi connectivity index (χ0v) is 23.4. The molecule has 2 aromatic rings. The van der Waals surface area contributed by atoms with E-state index >= 15 is 0 Å². The summed E-state index contributed by atoms with van der Waals surface area (Å²) in [5, 5.41) is 32.6. The van der Waals surface area contributed by atoms with E-state index in [0.717, 1.165) is 16.2 Å². The maximum absolute atomic E-state index is 12.9. The van der Waals surface area contributed by atoms with Crippen LogP contribution in [-0.2, 0) is 24.0 Å². The standard InChI is InChI=1S/C21H18N8O6S2.C2HF3O2/c22-20-25-11(8-37-20)12(27-35)15(30)26-13-17(32)29-14(19(33)34)10(7-36-18(13)29)6-9-2-5-28(16(9)31)21-23-3-1-4-24-21;3-2(4,5)1(6)7/h1,3-4,6,8,13,18,35H,2,5,7H2,(H2,22,25)(H,26,30)(H,33,34);(H,6,7)/t13-,18-;/m1./s1. The third-order valence-corrected chi connectivity index (χ3v) is 8.05. The molecule has 0 spiro atoms. The Kier molecular flexibility index (Phi) is 9.18. The summed E-state index contributed by atoms with van der Waals surface area (Å²) >= 11 is 2.28. The SMILES string of the molecule is Nc1nc(C(=NO)C(=O)N[C@@H]2C(=O)N3C(C(=O)O)=C(C=C4CCN(c5ncccn5)C4=O)CS[C@H]23)cs1.O=C(O)C(F)(F)F. The Morgan fingerprint density at radius 1 is 1.18 bits per heavy atom. The zero-order valence-electron chi connectivity index (χ0n) is 21.8. The zero-order chi connectivity index (χ0) is 32.3. The number of β-lactam (4-membered cyclic amide) rings is 1. The fraction of sp³-hybridized carbons (Fsp3) is 0.261. The van der Waals surface area contributed by atoms with Crippen molar-refractivity contribution in [1.29, 1.82) is 0 Å². The number of amides is 3. The maximum atomic E-state index is 12.9. The number of hydrogen-bond donors (Lipinski definition) is 5. The number of aliphatic carboxylic acids is 2. The van der Waals surface area contributed by atoms with Gasteiger partial charge in [-0.05, 0) is 24.1 Å². The van der Waals surface area contributed by atoms with Crippen molar-refractivity contribution in [3.8, 4) is 0 Å². The third kappa shape index (κ3) is 6.46. The number of thiazole rings is 1. The Labute approximate surface area is 251 Å². The molecule has 3 amide bonds. The summed E-state index contributed by atoms with van der Waals surface area (Å²) in [6.45, 7) is 0.344. The number of carbonyl (C=O) groups excluding carboxylic acids is 3. The van der Waals surface area contributed by atoms with Crippen LogP contribution in [0.25, 0.3) is 0 Å². The molecular weight excluding hydrogens is 637 g/mol. The first-order valence-electron chi connectivity index (χ1n) is 12.0. The number of nitrogens with zero attached hydrogens (tertiary/aromatic N) is 6. The Hall–Kier alpha value is -5.05. The summed E-state index contributed by atoms with van der Waals surface area (Å²) in [4.78, 5) is 74.1. The van der Waals surface area contributed by atoms with E-state index in [2.05, 4.69) is 25.4 Å². The second kappa shape index (κ2) is 12.7. The van der Waals surface area contributed by atoms with Gasteiger partial charge in [0.15, 0.2) is 10.8 Å². The summed E-state index contributed by atoms with van der Waals surface area (Å²) in [7, 11) is 0. The predicted octanol–water partition coefficient (Wildman–Crippen LogP) is 0.429. The van der Waals surface area contributed by atoms with Crippen LogP contribution < -0.4 is 16.0 Å².